The van der Waals surface area contributed by atoms with Crippen molar-refractivity contribution in [3.8, 4) is 0 Å². The average Bonchev–Trinajstić information content (AvgIpc) is 3.25. The predicted octanol–water partition coefficient (Wildman–Crippen LogP) is 3.89. The molecule has 3 amide bonds. The van der Waals surface area contributed by atoms with Crippen LogP contribution in [0.4, 0.5) is 22.7 Å². The Labute approximate surface area is 232 Å². The summed E-state index contributed by atoms with van der Waals surface area (Å²) in [4.78, 5) is 53.3. The summed E-state index contributed by atoms with van der Waals surface area (Å²) in [7, 11) is 6.56. The predicted molar refractivity (Wildman–Crippen MR) is 156 cm³/mol. The monoisotopic (exact) mass is 541 g/mol. The maximum atomic E-state index is 13.3. The first-order valence-electron chi connectivity index (χ1n) is 12.5. The molecule has 0 bridgehead atoms. The molecule has 0 aromatic heterocycles. The number of hydrogen-bond donors (Lipinski definition) is 3. The summed E-state index contributed by atoms with van der Waals surface area (Å²) >= 11 is 0. The maximum absolute atomic E-state index is 13.3. The Morgan fingerprint density at radius 2 is 1.62 bits per heavy atom. The second kappa shape index (κ2) is 11.8. The Bertz CT molecular complexity index is 1510. The number of fused-ring (bicyclic) bond motifs is 1. The van der Waals surface area contributed by atoms with Gasteiger partial charge in [0.15, 0.2) is 0 Å². The lowest BCUT2D eigenvalue weighted by atomic mass is 9.99. The summed E-state index contributed by atoms with van der Waals surface area (Å²) < 4.78 is 4.81. The summed E-state index contributed by atoms with van der Waals surface area (Å²) in [6.45, 7) is 1.59. The molecule has 10 nitrogen and oxygen atoms in total. The highest BCUT2D eigenvalue weighted by atomic mass is 16.5. The molecular formula is C30H31N5O5. The van der Waals surface area contributed by atoms with Crippen LogP contribution in [-0.2, 0) is 19.1 Å². The summed E-state index contributed by atoms with van der Waals surface area (Å²) in [6, 6.07) is 19.5. The van der Waals surface area contributed by atoms with E-state index in [2.05, 4.69) is 16.0 Å². The minimum atomic E-state index is -0.504. The van der Waals surface area contributed by atoms with Crippen LogP contribution in [0.15, 0.2) is 66.7 Å². The highest BCUT2D eigenvalue weighted by Gasteiger charge is 2.29. The molecular weight excluding hydrogens is 510 g/mol. The quantitative estimate of drug-likeness (QED) is 0.292. The smallest absolute Gasteiger partial charge is 0.337 e. The lowest BCUT2D eigenvalue weighted by Gasteiger charge is -2.23. The van der Waals surface area contributed by atoms with Crippen LogP contribution >= 0.6 is 0 Å². The molecule has 1 aliphatic heterocycles. The number of carbonyl (C=O) groups excluding carboxylic acids is 4. The number of benzene rings is 3. The summed E-state index contributed by atoms with van der Waals surface area (Å²) in [5.74, 6) is -1.28. The second-order valence-electron chi connectivity index (χ2n) is 9.55. The van der Waals surface area contributed by atoms with E-state index in [4.69, 9.17) is 4.74 Å². The number of nitrogens with one attached hydrogen (secondary N) is 3. The molecule has 0 saturated heterocycles. The Hall–Kier alpha value is -4.96. The molecule has 0 fully saturated rings. The van der Waals surface area contributed by atoms with E-state index < -0.39 is 5.97 Å². The molecule has 40 heavy (non-hydrogen) atoms. The van der Waals surface area contributed by atoms with E-state index in [9.17, 15) is 19.2 Å². The van der Waals surface area contributed by atoms with Gasteiger partial charge >= 0.3 is 5.97 Å². The molecule has 4 rings (SSSR count). The van der Waals surface area contributed by atoms with E-state index in [0.29, 0.717) is 45.1 Å². The Kier molecular flexibility index (Phi) is 8.30. The summed E-state index contributed by atoms with van der Waals surface area (Å²) in [5.41, 5.74) is 4.65. The van der Waals surface area contributed by atoms with Crippen LogP contribution in [0.25, 0.3) is 11.3 Å². The Balaban J connectivity index is 1.81. The van der Waals surface area contributed by atoms with Crippen molar-refractivity contribution in [2.75, 3.05) is 55.6 Å². The molecule has 0 atom stereocenters. The van der Waals surface area contributed by atoms with Gasteiger partial charge in [-0.25, -0.2) is 4.79 Å². The van der Waals surface area contributed by atoms with Crippen molar-refractivity contribution in [1.82, 2.24) is 4.90 Å². The minimum Gasteiger partial charge on any atom is -0.465 e. The second-order valence-corrected chi connectivity index (χ2v) is 9.55. The molecule has 10 heteroatoms. The maximum Gasteiger partial charge on any atom is 0.337 e. The van der Waals surface area contributed by atoms with Crippen molar-refractivity contribution in [3.05, 3.63) is 83.4 Å². The van der Waals surface area contributed by atoms with Crippen molar-refractivity contribution >= 4 is 57.7 Å². The number of anilines is 4. The van der Waals surface area contributed by atoms with Gasteiger partial charge in [-0.3, -0.25) is 14.4 Å². The number of esters is 1. The van der Waals surface area contributed by atoms with Crippen LogP contribution in [0.3, 0.4) is 0 Å². The van der Waals surface area contributed by atoms with Gasteiger partial charge in [-0.1, -0.05) is 36.4 Å². The molecule has 0 unspecified atom stereocenters. The van der Waals surface area contributed by atoms with Crippen LogP contribution in [-0.4, -0.2) is 63.4 Å². The van der Waals surface area contributed by atoms with Crippen molar-refractivity contribution in [2.24, 2.45) is 0 Å². The molecule has 1 heterocycles. The van der Waals surface area contributed by atoms with Gasteiger partial charge in [0.1, 0.15) is 0 Å². The van der Waals surface area contributed by atoms with Crippen molar-refractivity contribution in [2.45, 2.75) is 6.92 Å². The van der Waals surface area contributed by atoms with E-state index in [1.165, 1.54) is 18.9 Å². The number of likely N-dealkylation sites (N-methyl/N-ethyl adjacent to an activating group) is 2. The zero-order valence-electron chi connectivity index (χ0n) is 23.0. The standard InChI is InChI=1S/C30H31N5O5/c1-18(36)31-24-16-21(12-14-25(24)35(4)26(37)17-34(2)3)32-28(19-9-7-6-8-10-19)27-22-13-11-20(30(39)40-5)15-23(22)33-29(27)38/h6-16,32H,17H2,1-5H3,(H,31,36)(H,33,38)/b28-27-. The van der Waals surface area contributed by atoms with Crippen molar-refractivity contribution in [3.63, 3.8) is 0 Å². The number of hydrogen-bond acceptors (Lipinski definition) is 7. The lowest BCUT2D eigenvalue weighted by molar-refractivity contribution is -0.119. The average molecular weight is 542 g/mol. The van der Waals surface area contributed by atoms with Gasteiger partial charge in [0.25, 0.3) is 5.91 Å². The highest BCUT2D eigenvalue weighted by molar-refractivity contribution is 6.37. The number of ether oxygens (including phenoxy) is 1. The van der Waals surface area contributed by atoms with Gasteiger partial charge in [0.05, 0.1) is 47.6 Å². The minimum absolute atomic E-state index is 0.144. The van der Waals surface area contributed by atoms with E-state index in [1.54, 1.807) is 62.4 Å². The number of rotatable bonds is 8. The zero-order chi connectivity index (χ0) is 29.0. The third-order valence-corrected chi connectivity index (χ3v) is 6.26. The number of carbonyl (C=O) groups is 4. The molecule has 1 aliphatic rings. The first-order chi connectivity index (χ1) is 19.1. The molecule has 3 aromatic carbocycles. The van der Waals surface area contributed by atoms with Crippen LogP contribution in [0.1, 0.15) is 28.4 Å². The van der Waals surface area contributed by atoms with Crippen molar-refractivity contribution in [1.29, 1.82) is 0 Å². The molecule has 0 saturated carbocycles. The molecule has 206 valence electrons. The fourth-order valence-corrected chi connectivity index (χ4v) is 4.40. The van der Waals surface area contributed by atoms with Crippen LogP contribution in [0.5, 0.6) is 0 Å². The Morgan fingerprint density at radius 3 is 2.27 bits per heavy atom. The van der Waals surface area contributed by atoms with Gasteiger partial charge < -0.3 is 30.5 Å². The zero-order valence-corrected chi connectivity index (χ0v) is 23.0. The third-order valence-electron chi connectivity index (χ3n) is 6.26. The van der Waals surface area contributed by atoms with E-state index in [-0.39, 0.29) is 24.3 Å². The van der Waals surface area contributed by atoms with Crippen molar-refractivity contribution < 1.29 is 23.9 Å². The topological polar surface area (TPSA) is 120 Å². The SMILES string of the molecule is COC(=O)c1ccc2c(c1)NC(=O)/C2=C(\Nc1ccc(N(C)C(=O)CN(C)C)c(NC(C)=O)c1)c1ccccc1. The molecule has 0 aliphatic carbocycles. The normalized spacial score (nSPS) is 13.3. The van der Waals surface area contributed by atoms with E-state index in [0.717, 1.165) is 5.56 Å². The van der Waals surface area contributed by atoms with Gasteiger partial charge in [-0.05, 0) is 50.0 Å². The fourth-order valence-electron chi connectivity index (χ4n) is 4.40. The van der Waals surface area contributed by atoms with Crippen LogP contribution in [0.2, 0.25) is 0 Å². The van der Waals surface area contributed by atoms with Gasteiger partial charge in [0, 0.05) is 25.2 Å². The number of amides is 3. The van der Waals surface area contributed by atoms with Crippen LogP contribution in [0, 0.1) is 0 Å². The largest absolute Gasteiger partial charge is 0.465 e. The van der Waals surface area contributed by atoms with E-state index >= 15 is 0 Å². The molecule has 3 aromatic rings. The first kappa shape index (κ1) is 28.1. The molecule has 0 spiro atoms. The van der Waals surface area contributed by atoms with Crippen LogP contribution < -0.4 is 20.9 Å². The fraction of sp³-hybridized carbons (Fsp3) is 0.200. The molecule has 0 radical (unpaired) electrons. The van der Waals surface area contributed by atoms with Gasteiger partial charge in [0.2, 0.25) is 11.8 Å². The highest BCUT2D eigenvalue weighted by Crippen LogP contribution is 2.39. The number of nitrogens with zero attached hydrogens (tertiary/aromatic N) is 2. The number of methoxy groups -OCH3 is 1. The van der Waals surface area contributed by atoms with Gasteiger partial charge in [-0.15, -0.1) is 0 Å². The summed E-state index contributed by atoms with van der Waals surface area (Å²) in [6.07, 6.45) is 0. The lowest BCUT2D eigenvalue weighted by Crippen LogP contribution is -2.35. The third kappa shape index (κ3) is 6.02. The summed E-state index contributed by atoms with van der Waals surface area (Å²) in [5, 5.41) is 9.01. The van der Waals surface area contributed by atoms with Gasteiger partial charge in [-0.2, -0.15) is 0 Å². The first-order valence-corrected chi connectivity index (χ1v) is 12.5. The molecule has 3 N–H and O–H groups in total. The van der Waals surface area contributed by atoms with E-state index in [1.807, 2.05) is 30.3 Å². The Morgan fingerprint density at radius 1 is 0.900 bits per heavy atom.